The lowest BCUT2D eigenvalue weighted by atomic mass is 9.91. The van der Waals surface area contributed by atoms with Crippen LogP contribution >= 0.6 is 0 Å². The molecule has 28 heavy (non-hydrogen) atoms. The Morgan fingerprint density at radius 3 is 2.68 bits per heavy atom. The summed E-state index contributed by atoms with van der Waals surface area (Å²) < 4.78 is 5.51. The molecule has 0 heterocycles. The number of carboxylic acid groups (broad SMARTS) is 1. The van der Waals surface area contributed by atoms with Crippen LogP contribution in [0.2, 0.25) is 0 Å². The number of hydrogen-bond donors (Lipinski definition) is 2. The molecule has 2 atom stereocenters. The van der Waals surface area contributed by atoms with Crippen molar-refractivity contribution in [1.29, 1.82) is 0 Å². The summed E-state index contributed by atoms with van der Waals surface area (Å²) in [5.74, 6) is -1.74. The molecule has 1 aliphatic rings. The number of aliphatic hydroxyl groups is 1. The fourth-order valence-electron chi connectivity index (χ4n) is 2.92. The topological polar surface area (TPSA) is 101 Å². The molecule has 0 aromatic rings. The summed E-state index contributed by atoms with van der Waals surface area (Å²) >= 11 is 0. The fourth-order valence-corrected chi connectivity index (χ4v) is 2.92. The van der Waals surface area contributed by atoms with Crippen LogP contribution in [0.5, 0.6) is 0 Å². The maximum absolute atomic E-state index is 12.3. The Balaban J connectivity index is 2.90. The van der Waals surface area contributed by atoms with Gasteiger partial charge < -0.3 is 14.9 Å². The van der Waals surface area contributed by atoms with E-state index in [2.05, 4.69) is 6.92 Å². The summed E-state index contributed by atoms with van der Waals surface area (Å²) in [7, 11) is 0. The molecule has 6 heteroatoms. The lowest BCUT2D eigenvalue weighted by Gasteiger charge is -2.27. The second-order valence-corrected chi connectivity index (χ2v) is 6.82. The molecule has 0 aliphatic heterocycles. The Morgan fingerprint density at radius 2 is 2.04 bits per heavy atom. The number of unbranched alkanes of at least 4 members (excludes halogenated alkanes) is 3. The van der Waals surface area contributed by atoms with Crippen LogP contribution in [0.15, 0.2) is 48.1 Å². The minimum Gasteiger partial charge on any atom is -0.481 e. The molecule has 154 valence electrons. The van der Waals surface area contributed by atoms with E-state index in [0.29, 0.717) is 12.0 Å². The molecule has 6 nitrogen and oxygen atoms in total. The number of carboxylic acids is 1. The van der Waals surface area contributed by atoms with Gasteiger partial charge in [-0.1, -0.05) is 50.1 Å². The van der Waals surface area contributed by atoms with Gasteiger partial charge in [0.2, 0.25) is 0 Å². The first-order valence-corrected chi connectivity index (χ1v) is 9.67. The number of ketones is 1. The normalized spacial score (nSPS) is 21.8. The lowest BCUT2D eigenvalue weighted by molar-refractivity contribution is -0.149. The second kappa shape index (κ2) is 12.1. The van der Waals surface area contributed by atoms with Gasteiger partial charge in [0.05, 0.1) is 6.10 Å². The van der Waals surface area contributed by atoms with E-state index in [0.717, 1.165) is 25.7 Å². The zero-order valence-electron chi connectivity index (χ0n) is 16.6. The highest BCUT2D eigenvalue weighted by molar-refractivity contribution is 6.09. The van der Waals surface area contributed by atoms with Gasteiger partial charge in [-0.2, -0.15) is 0 Å². The van der Waals surface area contributed by atoms with Crippen LogP contribution in [0.1, 0.15) is 58.8 Å². The van der Waals surface area contributed by atoms with Gasteiger partial charge in [0.1, 0.15) is 0 Å². The third kappa shape index (κ3) is 8.05. The molecule has 2 N–H and O–H groups in total. The third-order valence-corrected chi connectivity index (χ3v) is 4.36. The highest BCUT2D eigenvalue weighted by Gasteiger charge is 2.41. The Labute approximate surface area is 166 Å². The summed E-state index contributed by atoms with van der Waals surface area (Å²) in [6.07, 6.45) is 15.0. The second-order valence-electron chi connectivity index (χ2n) is 6.82. The van der Waals surface area contributed by atoms with Gasteiger partial charge >= 0.3 is 11.9 Å². The summed E-state index contributed by atoms with van der Waals surface area (Å²) in [6.45, 7) is 3.43. The van der Waals surface area contributed by atoms with Gasteiger partial charge in [-0.15, -0.1) is 0 Å². The third-order valence-electron chi connectivity index (χ3n) is 4.36. The van der Waals surface area contributed by atoms with E-state index in [9.17, 15) is 19.5 Å². The summed E-state index contributed by atoms with van der Waals surface area (Å²) in [5, 5.41) is 18.4. The first-order chi connectivity index (χ1) is 13.3. The molecule has 0 aromatic carbocycles. The van der Waals surface area contributed by atoms with E-state index >= 15 is 0 Å². The summed E-state index contributed by atoms with van der Waals surface area (Å²) in [4.78, 5) is 34.5. The first-order valence-electron chi connectivity index (χ1n) is 9.67. The highest BCUT2D eigenvalue weighted by atomic mass is 16.6. The minimum atomic E-state index is -1.15. The predicted molar refractivity (Wildman–Crippen MR) is 107 cm³/mol. The molecule has 0 saturated carbocycles. The Morgan fingerprint density at radius 1 is 1.29 bits per heavy atom. The zero-order valence-corrected chi connectivity index (χ0v) is 16.6. The molecule has 0 radical (unpaired) electrons. The molecule has 0 bridgehead atoms. The van der Waals surface area contributed by atoms with Crippen LogP contribution in [-0.4, -0.2) is 39.6 Å². The van der Waals surface area contributed by atoms with Crippen LogP contribution in [0.25, 0.3) is 0 Å². The molecule has 0 spiro atoms. The van der Waals surface area contributed by atoms with Crippen LogP contribution in [0.3, 0.4) is 0 Å². The minimum absolute atomic E-state index is 0.0801. The van der Waals surface area contributed by atoms with E-state index in [4.69, 9.17) is 9.84 Å². The van der Waals surface area contributed by atoms with Gasteiger partial charge in [-0.05, 0) is 31.4 Å². The van der Waals surface area contributed by atoms with Crippen LogP contribution in [0, 0.1) is 0 Å². The van der Waals surface area contributed by atoms with E-state index < -0.39 is 23.6 Å². The number of rotatable bonds is 12. The maximum atomic E-state index is 12.3. The van der Waals surface area contributed by atoms with Crippen LogP contribution < -0.4 is 0 Å². The average Bonchev–Trinajstić information content (AvgIpc) is 2.92. The van der Waals surface area contributed by atoms with Crippen molar-refractivity contribution in [2.45, 2.75) is 70.5 Å². The Bertz CT molecular complexity index is 671. The molecule has 1 aliphatic carbocycles. The summed E-state index contributed by atoms with van der Waals surface area (Å²) in [5.41, 5.74) is -0.844. The van der Waals surface area contributed by atoms with Gasteiger partial charge in [0.25, 0.3) is 0 Å². The maximum Gasteiger partial charge on any atom is 0.303 e. The smallest absolute Gasteiger partial charge is 0.303 e. The Kier molecular flexibility index (Phi) is 10.2. The Hall–Kier alpha value is -2.47. The van der Waals surface area contributed by atoms with Crippen LogP contribution in [0.4, 0.5) is 0 Å². The van der Waals surface area contributed by atoms with Gasteiger partial charge in [-0.25, -0.2) is 0 Å². The van der Waals surface area contributed by atoms with Crippen molar-refractivity contribution in [1.82, 2.24) is 0 Å². The van der Waals surface area contributed by atoms with Crippen molar-refractivity contribution >= 4 is 17.7 Å². The quantitative estimate of drug-likeness (QED) is 0.228. The van der Waals surface area contributed by atoms with Crippen molar-refractivity contribution in [2.24, 2.45) is 0 Å². The number of hydrogen-bond acceptors (Lipinski definition) is 5. The van der Waals surface area contributed by atoms with E-state index in [-0.39, 0.29) is 18.6 Å². The molecular weight excluding hydrogens is 360 g/mol. The molecule has 0 aromatic heterocycles. The standard InChI is InChI=1S/C22H30O6/c1-3-4-5-6-7-8-15-22(28-17(2)23)16-14-20(25)19(22)11-9-10-18(24)12-13-21(26)27/h7-11,14,16,18,24H,3-6,12-13,15H2,1-2H3,(H,26,27). The molecule has 2 unspecified atom stereocenters. The number of carbonyl (C=O) groups is 3. The number of ether oxygens (including phenoxy) is 1. The SMILES string of the molecule is CCCCCC=CCC1(OC(C)=O)C=CC(=O)C1=CC=CC(O)CCC(=O)O. The monoisotopic (exact) mass is 390 g/mol. The predicted octanol–water partition coefficient (Wildman–Crippen LogP) is 3.66. The summed E-state index contributed by atoms with van der Waals surface area (Å²) in [6, 6.07) is 0. The first kappa shape index (κ1) is 23.6. The average molecular weight is 390 g/mol. The fraction of sp³-hybridized carbons (Fsp3) is 0.500. The van der Waals surface area contributed by atoms with Gasteiger partial charge in [0.15, 0.2) is 11.4 Å². The molecule has 0 saturated heterocycles. The molecular formula is C22H30O6. The van der Waals surface area contributed by atoms with Gasteiger partial charge in [-0.3, -0.25) is 14.4 Å². The van der Waals surface area contributed by atoms with Crippen molar-refractivity contribution < 1.29 is 29.3 Å². The molecule has 1 rings (SSSR count). The molecule has 0 amide bonds. The van der Waals surface area contributed by atoms with E-state index in [1.165, 1.54) is 31.2 Å². The largest absolute Gasteiger partial charge is 0.481 e. The number of carbonyl (C=O) groups excluding carboxylic acids is 2. The zero-order chi connectivity index (χ0) is 21.0. The number of esters is 1. The van der Waals surface area contributed by atoms with Crippen molar-refractivity contribution in [3.63, 3.8) is 0 Å². The lowest BCUT2D eigenvalue weighted by Crippen LogP contribution is -2.33. The highest BCUT2D eigenvalue weighted by Crippen LogP contribution is 2.34. The van der Waals surface area contributed by atoms with Crippen molar-refractivity contribution in [3.8, 4) is 0 Å². The van der Waals surface area contributed by atoms with Crippen LogP contribution in [-0.2, 0) is 19.1 Å². The van der Waals surface area contributed by atoms with Crippen molar-refractivity contribution in [3.05, 3.63) is 48.1 Å². The number of allylic oxidation sites excluding steroid dienone is 4. The van der Waals surface area contributed by atoms with E-state index in [1.54, 1.807) is 6.08 Å². The van der Waals surface area contributed by atoms with Crippen molar-refractivity contribution in [2.75, 3.05) is 0 Å². The molecule has 0 fully saturated rings. The number of aliphatic carboxylic acids is 1. The van der Waals surface area contributed by atoms with E-state index in [1.807, 2.05) is 12.2 Å². The van der Waals surface area contributed by atoms with Gasteiger partial charge in [0, 0.05) is 25.3 Å². The number of aliphatic hydroxyl groups excluding tert-OH is 1.